The highest BCUT2D eigenvalue weighted by Gasteiger charge is 2.42. The molecule has 42 heavy (non-hydrogen) atoms. The van der Waals surface area contributed by atoms with Gasteiger partial charge in [-0.2, -0.15) is 5.10 Å². The number of rotatable bonds is 7. The molecule has 6 rings (SSSR count). The largest absolute Gasteiger partial charge is 0.375 e. The second-order valence-electron chi connectivity index (χ2n) is 11.2. The summed E-state index contributed by atoms with van der Waals surface area (Å²) in [5.74, 6) is -0.842. The van der Waals surface area contributed by atoms with E-state index in [1.165, 1.54) is 26.2 Å². The summed E-state index contributed by atoms with van der Waals surface area (Å²) in [6.07, 6.45) is 5.56. The highest BCUT2D eigenvalue weighted by atomic mass is 19.1. The van der Waals surface area contributed by atoms with Crippen LogP contribution in [0.1, 0.15) is 30.8 Å². The summed E-state index contributed by atoms with van der Waals surface area (Å²) in [6.45, 7) is 5.30. The molecule has 220 valence electrons. The molecule has 3 atom stereocenters. The summed E-state index contributed by atoms with van der Waals surface area (Å²) in [5.41, 5.74) is 8.49. The zero-order valence-corrected chi connectivity index (χ0v) is 23.7. The molecule has 0 spiro atoms. The fourth-order valence-electron chi connectivity index (χ4n) is 6.00. The summed E-state index contributed by atoms with van der Waals surface area (Å²) in [6, 6.07) is 7.47. The number of hydrogen-bond acceptors (Lipinski definition) is 8. The van der Waals surface area contributed by atoms with Gasteiger partial charge in [-0.05, 0) is 41.8 Å². The smallest absolute Gasteiger partial charge is 0.217 e. The third kappa shape index (κ3) is 4.99. The number of aromatic nitrogens is 4. The summed E-state index contributed by atoms with van der Waals surface area (Å²) < 4.78 is 43.1. The van der Waals surface area contributed by atoms with Gasteiger partial charge in [0.15, 0.2) is 0 Å². The van der Waals surface area contributed by atoms with Crippen LogP contribution in [0.4, 0.5) is 14.5 Å². The van der Waals surface area contributed by atoms with Crippen molar-refractivity contribution in [2.24, 2.45) is 11.7 Å². The number of methoxy groups -OCH3 is 1. The van der Waals surface area contributed by atoms with Crippen LogP contribution in [0.2, 0.25) is 0 Å². The predicted molar refractivity (Wildman–Crippen MR) is 152 cm³/mol. The maximum Gasteiger partial charge on any atom is 0.217 e. The van der Waals surface area contributed by atoms with Crippen molar-refractivity contribution in [3.05, 3.63) is 77.5 Å². The molecule has 2 saturated heterocycles. The maximum absolute atomic E-state index is 15.4. The van der Waals surface area contributed by atoms with E-state index in [4.69, 9.17) is 15.2 Å². The van der Waals surface area contributed by atoms with Gasteiger partial charge in [0.25, 0.3) is 0 Å². The molecule has 2 aliphatic heterocycles. The average Bonchev–Trinajstić information content (AvgIpc) is 3.32. The predicted octanol–water partition coefficient (Wildman–Crippen LogP) is 2.82. The fourth-order valence-corrected chi connectivity index (χ4v) is 6.00. The van der Waals surface area contributed by atoms with Gasteiger partial charge in [-0.1, -0.05) is 6.92 Å². The molecule has 10 nitrogen and oxygen atoms in total. The average molecular weight is 578 g/mol. The quantitative estimate of drug-likeness (QED) is 0.344. The standard InChI is InChI=1S/C30H33F2N7O3/c1-17-13-38(14-24(33)29(17)36-18(2)40)26-6-7-34-11-19(26)8-27-35-12-21-4-5-25(37-39(21)27)28-22(31)9-20(10-23(28)32)30(41-3)15-42-16-30/h4-7,9-12,17,24,29H,8,13-16,33H2,1-3H3,(H,36,40)/t17-,24+,29-/m0/s1. The molecule has 0 aliphatic carbocycles. The highest BCUT2D eigenvalue weighted by Crippen LogP contribution is 2.37. The zero-order valence-electron chi connectivity index (χ0n) is 23.7. The van der Waals surface area contributed by atoms with Gasteiger partial charge < -0.3 is 25.4 Å². The number of anilines is 1. The Morgan fingerprint density at radius 3 is 2.60 bits per heavy atom. The van der Waals surface area contributed by atoms with Gasteiger partial charge in [0.2, 0.25) is 5.91 Å². The third-order valence-electron chi connectivity index (χ3n) is 8.29. The van der Waals surface area contributed by atoms with Crippen molar-refractivity contribution in [3.8, 4) is 11.3 Å². The summed E-state index contributed by atoms with van der Waals surface area (Å²) in [7, 11) is 1.50. The summed E-state index contributed by atoms with van der Waals surface area (Å²) in [5, 5.41) is 7.58. The first kappa shape index (κ1) is 28.1. The van der Waals surface area contributed by atoms with E-state index in [0.29, 0.717) is 36.4 Å². The van der Waals surface area contributed by atoms with E-state index in [2.05, 4.69) is 32.2 Å². The number of nitrogens with zero attached hydrogens (tertiary/aromatic N) is 5. The minimum Gasteiger partial charge on any atom is -0.375 e. The minimum absolute atomic E-state index is 0.0963. The van der Waals surface area contributed by atoms with Crippen molar-refractivity contribution in [3.63, 3.8) is 0 Å². The molecular weight excluding hydrogens is 544 g/mol. The van der Waals surface area contributed by atoms with Crippen LogP contribution in [-0.4, -0.2) is 71.0 Å². The molecule has 3 N–H and O–H groups in total. The molecule has 2 aliphatic rings. The number of imidazole rings is 1. The molecule has 3 aromatic heterocycles. The number of amides is 1. The number of carbonyl (C=O) groups is 1. The third-order valence-corrected chi connectivity index (χ3v) is 8.29. The van der Waals surface area contributed by atoms with E-state index in [9.17, 15) is 4.79 Å². The van der Waals surface area contributed by atoms with Crippen LogP contribution >= 0.6 is 0 Å². The van der Waals surface area contributed by atoms with Crippen molar-refractivity contribution in [2.45, 2.75) is 38.0 Å². The van der Waals surface area contributed by atoms with Crippen LogP contribution in [0.25, 0.3) is 16.8 Å². The van der Waals surface area contributed by atoms with Gasteiger partial charge in [0, 0.05) is 69.3 Å². The van der Waals surface area contributed by atoms with Crippen LogP contribution in [0.5, 0.6) is 0 Å². The molecule has 0 saturated carbocycles. The van der Waals surface area contributed by atoms with Crippen molar-refractivity contribution in [1.82, 2.24) is 24.9 Å². The van der Waals surface area contributed by atoms with Crippen LogP contribution < -0.4 is 16.0 Å². The normalized spacial score (nSPS) is 21.8. The van der Waals surface area contributed by atoms with Crippen molar-refractivity contribution < 1.29 is 23.0 Å². The summed E-state index contributed by atoms with van der Waals surface area (Å²) in [4.78, 5) is 22.8. The Bertz CT molecular complexity index is 1600. The van der Waals surface area contributed by atoms with E-state index < -0.39 is 17.2 Å². The van der Waals surface area contributed by atoms with Crippen molar-refractivity contribution >= 4 is 17.1 Å². The van der Waals surface area contributed by atoms with Gasteiger partial charge in [0.1, 0.15) is 23.1 Å². The molecule has 1 aromatic carbocycles. The van der Waals surface area contributed by atoms with Gasteiger partial charge in [0.05, 0.1) is 36.2 Å². The molecule has 0 unspecified atom stereocenters. The van der Waals surface area contributed by atoms with E-state index in [1.807, 2.05) is 6.07 Å². The Labute approximate surface area is 241 Å². The number of pyridine rings is 1. The number of benzene rings is 1. The first-order valence-corrected chi connectivity index (χ1v) is 13.9. The van der Waals surface area contributed by atoms with Crippen molar-refractivity contribution in [2.75, 3.05) is 38.3 Å². The Kier molecular flexibility index (Phi) is 7.37. The fraction of sp³-hybridized carbons (Fsp3) is 0.400. The van der Waals surface area contributed by atoms with Crippen LogP contribution in [0.15, 0.2) is 48.9 Å². The van der Waals surface area contributed by atoms with Gasteiger partial charge >= 0.3 is 0 Å². The first-order chi connectivity index (χ1) is 20.2. The van der Waals surface area contributed by atoms with Crippen LogP contribution in [0.3, 0.4) is 0 Å². The van der Waals surface area contributed by atoms with E-state index in [1.54, 1.807) is 35.2 Å². The highest BCUT2D eigenvalue weighted by molar-refractivity contribution is 5.73. The molecule has 2 fully saturated rings. The molecule has 12 heteroatoms. The lowest BCUT2D eigenvalue weighted by Crippen LogP contribution is -2.61. The number of nitrogens with one attached hydrogen (secondary N) is 1. The van der Waals surface area contributed by atoms with Crippen LogP contribution in [-0.2, 0) is 26.3 Å². The van der Waals surface area contributed by atoms with E-state index >= 15 is 8.78 Å². The van der Waals surface area contributed by atoms with Gasteiger partial charge in [-0.3, -0.25) is 9.78 Å². The van der Waals surface area contributed by atoms with Crippen molar-refractivity contribution in [1.29, 1.82) is 0 Å². The second-order valence-corrected chi connectivity index (χ2v) is 11.2. The van der Waals surface area contributed by atoms with E-state index in [0.717, 1.165) is 11.3 Å². The van der Waals surface area contributed by atoms with Crippen LogP contribution in [0, 0.1) is 17.6 Å². The number of nitrogens with two attached hydrogens (primary N) is 1. The lowest BCUT2D eigenvalue weighted by atomic mass is 9.89. The molecule has 4 aromatic rings. The van der Waals surface area contributed by atoms with E-state index in [-0.39, 0.29) is 48.4 Å². The lowest BCUT2D eigenvalue weighted by Gasteiger charge is -2.43. The SMILES string of the molecule is COC1(c2cc(F)c(-c3ccc4cnc(Cc5cnccc5N5C[C@@H](N)[C@@H](NC(C)=O)[C@@H](C)C5)n4n3)c(F)c2)COC1. The number of hydrogen-bond donors (Lipinski definition) is 2. The molecule has 1 amide bonds. The zero-order chi connectivity index (χ0) is 29.6. The molecular formula is C30H33F2N7O3. The topological polar surface area (TPSA) is 120 Å². The first-order valence-electron chi connectivity index (χ1n) is 13.9. The summed E-state index contributed by atoms with van der Waals surface area (Å²) >= 11 is 0. The molecule has 5 heterocycles. The Balaban J connectivity index is 1.30. The van der Waals surface area contributed by atoms with Gasteiger partial charge in [-0.15, -0.1) is 0 Å². The number of halogens is 2. The number of fused-ring (bicyclic) bond motifs is 1. The Morgan fingerprint density at radius 1 is 1.19 bits per heavy atom. The second kappa shape index (κ2) is 11.0. The molecule has 0 radical (unpaired) electrons. The maximum atomic E-state index is 15.4. The lowest BCUT2D eigenvalue weighted by molar-refractivity contribution is -0.202. The number of ether oxygens (including phenoxy) is 2. The number of piperidine rings is 1. The molecule has 0 bridgehead atoms. The monoisotopic (exact) mass is 577 g/mol. The van der Waals surface area contributed by atoms with Gasteiger partial charge in [-0.25, -0.2) is 18.3 Å². The Morgan fingerprint density at radius 2 is 1.95 bits per heavy atom. The number of carbonyl (C=O) groups excluding carboxylic acids is 1. The Hall–Kier alpha value is -4.00. The minimum atomic E-state index is -0.850.